The largest absolute Gasteiger partial charge is 0.494 e. The first-order valence-corrected chi connectivity index (χ1v) is 6.36. The molecule has 0 saturated carbocycles. The molecule has 0 saturated heterocycles. The number of nitrogens with zero attached hydrogens (tertiary/aromatic N) is 3. The Morgan fingerprint density at radius 2 is 2.00 bits per heavy atom. The third kappa shape index (κ3) is 4.06. The average Bonchev–Trinajstić information content (AvgIpc) is 2.85. The van der Waals surface area contributed by atoms with Gasteiger partial charge in [-0.25, -0.2) is 0 Å². The maximum Gasteiger partial charge on any atom is 0.119 e. The minimum atomic E-state index is -0.946. The van der Waals surface area contributed by atoms with Crippen LogP contribution in [-0.2, 0) is 12.1 Å². The quantitative estimate of drug-likeness (QED) is 0.808. The van der Waals surface area contributed by atoms with Crippen LogP contribution in [-0.4, -0.2) is 26.7 Å². The van der Waals surface area contributed by atoms with Gasteiger partial charge in [-0.05, 0) is 26.0 Å². The van der Waals surface area contributed by atoms with E-state index in [2.05, 4.69) is 10.3 Å². The smallest absolute Gasteiger partial charge is 0.119 e. The van der Waals surface area contributed by atoms with Gasteiger partial charge in [0.05, 0.1) is 12.8 Å². The van der Waals surface area contributed by atoms with E-state index in [1.807, 2.05) is 30.3 Å². The zero-order chi connectivity index (χ0) is 13.7. The standard InChI is InChI=1S/C14H19N3O2/c1-14(2,18)13-11-17(16-15-13)9-6-10-19-12-7-4-3-5-8-12/h3-5,7-8,11,18H,6,9-10H2,1-2H3. The second-order valence-electron chi connectivity index (χ2n) is 4.94. The fraction of sp³-hybridized carbons (Fsp3) is 0.429. The van der Waals surface area contributed by atoms with E-state index in [1.54, 1.807) is 24.7 Å². The lowest BCUT2D eigenvalue weighted by molar-refractivity contribution is 0.0737. The molecule has 1 heterocycles. The zero-order valence-corrected chi connectivity index (χ0v) is 11.3. The fourth-order valence-electron chi connectivity index (χ4n) is 1.62. The Labute approximate surface area is 112 Å². The molecule has 0 aliphatic rings. The minimum absolute atomic E-state index is 0.580. The van der Waals surface area contributed by atoms with E-state index in [4.69, 9.17) is 4.74 Å². The van der Waals surface area contributed by atoms with Crippen LogP contribution in [0.15, 0.2) is 36.5 Å². The van der Waals surface area contributed by atoms with Crippen LogP contribution >= 0.6 is 0 Å². The van der Waals surface area contributed by atoms with E-state index in [9.17, 15) is 5.11 Å². The van der Waals surface area contributed by atoms with Gasteiger partial charge < -0.3 is 9.84 Å². The highest BCUT2D eigenvalue weighted by Crippen LogP contribution is 2.15. The third-order valence-corrected chi connectivity index (χ3v) is 2.71. The van der Waals surface area contributed by atoms with Gasteiger partial charge in [-0.2, -0.15) is 0 Å². The summed E-state index contributed by atoms with van der Waals surface area (Å²) in [4.78, 5) is 0. The predicted molar refractivity (Wildman–Crippen MR) is 71.8 cm³/mol. The first-order valence-electron chi connectivity index (χ1n) is 6.36. The molecule has 0 fully saturated rings. The summed E-state index contributed by atoms with van der Waals surface area (Å²) in [7, 11) is 0. The lowest BCUT2D eigenvalue weighted by atomic mass is 10.1. The van der Waals surface area contributed by atoms with E-state index in [0.29, 0.717) is 12.3 Å². The van der Waals surface area contributed by atoms with E-state index in [-0.39, 0.29) is 0 Å². The van der Waals surface area contributed by atoms with Crippen molar-refractivity contribution >= 4 is 0 Å². The van der Waals surface area contributed by atoms with Gasteiger partial charge in [-0.15, -0.1) is 5.10 Å². The van der Waals surface area contributed by atoms with Crippen molar-refractivity contribution < 1.29 is 9.84 Å². The maximum atomic E-state index is 9.78. The number of hydrogen-bond acceptors (Lipinski definition) is 4. The van der Waals surface area contributed by atoms with E-state index in [1.165, 1.54) is 0 Å². The van der Waals surface area contributed by atoms with Crippen molar-refractivity contribution in [3.63, 3.8) is 0 Å². The third-order valence-electron chi connectivity index (χ3n) is 2.71. The second-order valence-corrected chi connectivity index (χ2v) is 4.94. The molecule has 1 N–H and O–H groups in total. The summed E-state index contributed by atoms with van der Waals surface area (Å²) in [6.45, 7) is 4.73. The molecule has 102 valence electrons. The van der Waals surface area contributed by atoms with Crippen LogP contribution in [0.1, 0.15) is 26.0 Å². The van der Waals surface area contributed by atoms with E-state index < -0.39 is 5.60 Å². The Morgan fingerprint density at radius 3 is 2.63 bits per heavy atom. The van der Waals surface area contributed by atoms with E-state index >= 15 is 0 Å². The van der Waals surface area contributed by atoms with E-state index in [0.717, 1.165) is 18.7 Å². The summed E-state index contributed by atoms with van der Waals surface area (Å²) in [6.07, 6.45) is 2.60. The molecule has 1 aromatic carbocycles. The second kappa shape index (κ2) is 5.84. The summed E-state index contributed by atoms with van der Waals surface area (Å²) >= 11 is 0. The number of hydrogen-bond donors (Lipinski definition) is 1. The molecule has 19 heavy (non-hydrogen) atoms. The summed E-state index contributed by atoms with van der Waals surface area (Å²) in [6, 6.07) is 9.72. The Balaban J connectivity index is 1.76. The molecule has 5 heteroatoms. The zero-order valence-electron chi connectivity index (χ0n) is 11.3. The minimum Gasteiger partial charge on any atom is -0.494 e. The summed E-state index contributed by atoms with van der Waals surface area (Å²) in [5, 5.41) is 17.7. The van der Waals surface area contributed by atoms with Crippen molar-refractivity contribution in [2.24, 2.45) is 0 Å². The molecule has 1 aromatic heterocycles. The number of rotatable bonds is 6. The molecule has 0 radical (unpaired) electrons. The van der Waals surface area contributed by atoms with Crippen LogP contribution in [0.4, 0.5) is 0 Å². The Hall–Kier alpha value is -1.88. The molecule has 2 rings (SSSR count). The molecular weight excluding hydrogens is 242 g/mol. The van der Waals surface area contributed by atoms with Gasteiger partial charge in [0, 0.05) is 13.0 Å². The molecular formula is C14H19N3O2. The number of benzene rings is 1. The van der Waals surface area contributed by atoms with Crippen LogP contribution in [0.2, 0.25) is 0 Å². The van der Waals surface area contributed by atoms with Gasteiger partial charge in [0.2, 0.25) is 0 Å². The molecule has 0 aliphatic carbocycles. The fourth-order valence-corrected chi connectivity index (χ4v) is 1.62. The Bertz CT molecular complexity index is 503. The molecule has 2 aromatic rings. The summed E-state index contributed by atoms with van der Waals surface area (Å²) < 4.78 is 7.31. The Kier molecular flexibility index (Phi) is 4.16. The first-order chi connectivity index (χ1) is 9.05. The van der Waals surface area contributed by atoms with Gasteiger partial charge in [0.15, 0.2) is 0 Å². The van der Waals surface area contributed by atoms with Crippen molar-refractivity contribution in [3.8, 4) is 5.75 Å². The van der Waals surface area contributed by atoms with Gasteiger partial charge in [-0.3, -0.25) is 4.68 Å². The van der Waals surface area contributed by atoms with Crippen molar-refractivity contribution in [1.29, 1.82) is 0 Å². The number of para-hydroxylation sites is 1. The van der Waals surface area contributed by atoms with Crippen molar-refractivity contribution in [1.82, 2.24) is 15.0 Å². The maximum absolute atomic E-state index is 9.78. The molecule has 0 aliphatic heterocycles. The van der Waals surface area contributed by atoms with Crippen LogP contribution in [0.3, 0.4) is 0 Å². The number of aryl methyl sites for hydroxylation is 1. The molecule has 0 atom stereocenters. The highest BCUT2D eigenvalue weighted by atomic mass is 16.5. The normalized spacial score (nSPS) is 11.5. The average molecular weight is 261 g/mol. The van der Waals surface area contributed by atoms with Crippen molar-refractivity contribution in [2.45, 2.75) is 32.4 Å². The molecule has 5 nitrogen and oxygen atoms in total. The predicted octanol–water partition coefficient (Wildman–Crippen LogP) is 1.97. The van der Waals surface area contributed by atoms with Crippen LogP contribution in [0, 0.1) is 0 Å². The summed E-state index contributed by atoms with van der Waals surface area (Å²) in [5.41, 5.74) is -0.366. The number of aliphatic hydroxyl groups is 1. The van der Waals surface area contributed by atoms with Gasteiger partial charge in [0.25, 0.3) is 0 Å². The Morgan fingerprint density at radius 1 is 1.26 bits per heavy atom. The highest BCUT2D eigenvalue weighted by molar-refractivity contribution is 5.20. The highest BCUT2D eigenvalue weighted by Gasteiger charge is 2.19. The number of ether oxygens (including phenoxy) is 1. The van der Waals surface area contributed by atoms with Crippen molar-refractivity contribution in [2.75, 3.05) is 6.61 Å². The molecule has 0 amide bonds. The van der Waals surface area contributed by atoms with Crippen LogP contribution in [0.25, 0.3) is 0 Å². The van der Waals surface area contributed by atoms with Gasteiger partial charge in [0.1, 0.15) is 17.0 Å². The van der Waals surface area contributed by atoms with Crippen LogP contribution < -0.4 is 4.74 Å². The SMILES string of the molecule is CC(C)(O)c1cn(CCCOc2ccccc2)nn1. The summed E-state index contributed by atoms with van der Waals surface area (Å²) in [5.74, 6) is 0.873. The monoisotopic (exact) mass is 261 g/mol. The first kappa shape index (κ1) is 13.5. The van der Waals surface area contributed by atoms with Crippen molar-refractivity contribution in [3.05, 3.63) is 42.2 Å². The number of aromatic nitrogens is 3. The topological polar surface area (TPSA) is 60.2 Å². The van der Waals surface area contributed by atoms with Gasteiger partial charge in [-0.1, -0.05) is 23.4 Å². The lowest BCUT2D eigenvalue weighted by Crippen LogP contribution is -2.15. The van der Waals surface area contributed by atoms with Crippen LogP contribution in [0.5, 0.6) is 5.75 Å². The molecule has 0 spiro atoms. The lowest BCUT2D eigenvalue weighted by Gasteiger charge is -2.11. The molecule has 0 unspecified atom stereocenters. The molecule has 0 bridgehead atoms. The van der Waals surface area contributed by atoms with Gasteiger partial charge >= 0.3 is 0 Å².